The summed E-state index contributed by atoms with van der Waals surface area (Å²) in [6, 6.07) is 0. The first-order chi connectivity index (χ1) is 5.83. The molecule has 2 N–H and O–H groups in total. The van der Waals surface area contributed by atoms with Gasteiger partial charge in [-0.2, -0.15) is 0 Å². The van der Waals surface area contributed by atoms with E-state index in [9.17, 15) is 10.2 Å². The Labute approximate surface area is 80.3 Å². The largest absolute Gasteiger partial charge is 0.387 e. The molecule has 1 unspecified atom stereocenters. The van der Waals surface area contributed by atoms with E-state index in [1.165, 1.54) is 12.8 Å². The molecule has 1 aliphatic carbocycles. The van der Waals surface area contributed by atoms with Gasteiger partial charge in [0.05, 0.1) is 11.2 Å². The number of hydrogen-bond acceptors (Lipinski definition) is 2. The van der Waals surface area contributed by atoms with Gasteiger partial charge in [0, 0.05) is 0 Å². The minimum absolute atomic E-state index is 0.521. The highest BCUT2D eigenvalue weighted by atomic mass is 16.3. The van der Waals surface area contributed by atoms with Crippen LogP contribution in [0.4, 0.5) is 0 Å². The van der Waals surface area contributed by atoms with Crippen molar-refractivity contribution in [2.75, 3.05) is 0 Å². The number of aliphatic hydroxyl groups is 2. The van der Waals surface area contributed by atoms with E-state index in [0.29, 0.717) is 6.42 Å². The standard InChI is InChI=1S/C11H20O2/c1-10(2,12)11(3,13)8-4-5-9-6-7-9/h4-5,9,12-13H,6-8H2,1-3H3/b5-4+. The molecule has 0 radical (unpaired) electrons. The summed E-state index contributed by atoms with van der Waals surface area (Å²) in [5.41, 5.74) is -2.07. The lowest BCUT2D eigenvalue weighted by molar-refractivity contribution is -0.117. The first kappa shape index (κ1) is 10.7. The summed E-state index contributed by atoms with van der Waals surface area (Å²) in [4.78, 5) is 0. The molecule has 13 heavy (non-hydrogen) atoms. The molecule has 1 saturated carbocycles. The molecule has 0 saturated heterocycles. The molecule has 1 aliphatic rings. The van der Waals surface area contributed by atoms with Crippen LogP contribution in [0.2, 0.25) is 0 Å². The van der Waals surface area contributed by atoms with Gasteiger partial charge in [0.25, 0.3) is 0 Å². The normalized spacial score (nSPS) is 23.5. The van der Waals surface area contributed by atoms with Gasteiger partial charge in [-0.05, 0) is 46.0 Å². The Hall–Kier alpha value is -0.340. The van der Waals surface area contributed by atoms with Crippen LogP contribution in [0.3, 0.4) is 0 Å². The molecule has 1 rings (SSSR count). The Balaban J connectivity index is 2.40. The minimum atomic E-state index is -1.04. The van der Waals surface area contributed by atoms with Gasteiger partial charge in [-0.3, -0.25) is 0 Å². The fourth-order valence-corrected chi connectivity index (χ4v) is 1.03. The van der Waals surface area contributed by atoms with Crippen LogP contribution in [0.25, 0.3) is 0 Å². The molecule has 0 heterocycles. The predicted molar refractivity (Wildman–Crippen MR) is 53.4 cm³/mol. The second-order valence-corrected chi connectivity index (χ2v) is 4.80. The van der Waals surface area contributed by atoms with Gasteiger partial charge in [0.1, 0.15) is 0 Å². The zero-order valence-electron chi connectivity index (χ0n) is 8.75. The van der Waals surface area contributed by atoms with Crippen molar-refractivity contribution < 1.29 is 10.2 Å². The van der Waals surface area contributed by atoms with Crippen molar-refractivity contribution in [3.8, 4) is 0 Å². The summed E-state index contributed by atoms with van der Waals surface area (Å²) < 4.78 is 0. The van der Waals surface area contributed by atoms with Crippen LogP contribution >= 0.6 is 0 Å². The van der Waals surface area contributed by atoms with Crippen molar-refractivity contribution in [3.63, 3.8) is 0 Å². The third-order valence-electron chi connectivity index (χ3n) is 2.86. The van der Waals surface area contributed by atoms with Gasteiger partial charge < -0.3 is 10.2 Å². The Morgan fingerprint density at radius 3 is 2.15 bits per heavy atom. The molecule has 0 aromatic carbocycles. The van der Waals surface area contributed by atoms with E-state index in [1.54, 1.807) is 20.8 Å². The maximum absolute atomic E-state index is 9.88. The molecular formula is C11H20O2. The maximum atomic E-state index is 9.88. The fourth-order valence-electron chi connectivity index (χ4n) is 1.03. The van der Waals surface area contributed by atoms with Crippen molar-refractivity contribution in [1.29, 1.82) is 0 Å². The average molecular weight is 184 g/mol. The SMILES string of the molecule is CC(C)(O)C(C)(O)C/C=C/C1CC1. The highest BCUT2D eigenvalue weighted by Crippen LogP contribution is 2.31. The zero-order valence-corrected chi connectivity index (χ0v) is 8.75. The van der Waals surface area contributed by atoms with Crippen molar-refractivity contribution in [3.05, 3.63) is 12.2 Å². The molecule has 0 aliphatic heterocycles. The summed E-state index contributed by atoms with van der Waals surface area (Å²) in [6.45, 7) is 4.94. The molecule has 0 aromatic rings. The van der Waals surface area contributed by atoms with Crippen LogP contribution in [0.15, 0.2) is 12.2 Å². The molecule has 0 aromatic heterocycles. The number of hydrogen-bond donors (Lipinski definition) is 2. The lowest BCUT2D eigenvalue weighted by Gasteiger charge is -2.34. The Bertz CT molecular complexity index is 195. The molecule has 0 bridgehead atoms. The summed E-state index contributed by atoms with van der Waals surface area (Å²) in [5.74, 6) is 0.734. The summed E-state index contributed by atoms with van der Waals surface area (Å²) >= 11 is 0. The Morgan fingerprint density at radius 1 is 1.23 bits per heavy atom. The van der Waals surface area contributed by atoms with Gasteiger partial charge in [-0.25, -0.2) is 0 Å². The van der Waals surface area contributed by atoms with Gasteiger partial charge in [0.15, 0.2) is 0 Å². The minimum Gasteiger partial charge on any atom is -0.387 e. The van der Waals surface area contributed by atoms with E-state index >= 15 is 0 Å². The third kappa shape index (κ3) is 3.12. The monoisotopic (exact) mass is 184 g/mol. The molecule has 1 atom stereocenters. The fraction of sp³-hybridized carbons (Fsp3) is 0.818. The highest BCUT2D eigenvalue weighted by Gasteiger charge is 2.36. The summed E-state index contributed by atoms with van der Waals surface area (Å²) in [5, 5.41) is 19.5. The first-order valence-corrected chi connectivity index (χ1v) is 4.94. The van der Waals surface area contributed by atoms with E-state index in [-0.39, 0.29) is 0 Å². The molecule has 76 valence electrons. The Kier molecular flexibility index (Phi) is 2.83. The van der Waals surface area contributed by atoms with Crippen molar-refractivity contribution in [2.45, 2.75) is 51.2 Å². The summed E-state index contributed by atoms with van der Waals surface area (Å²) in [6.07, 6.45) is 7.20. The van der Waals surface area contributed by atoms with Crippen LogP contribution in [0.1, 0.15) is 40.0 Å². The Morgan fingerprint density at radius 2 is 1.77 bits per heavy atom. The topological polar surface area (TPSA) is 40.5 Å². The molecule has 2 heteroatoms. The quantitative estimate of drug-likeness (QED) is 0.655. The van der Waals surface area contributed by atoms with Crippen LogP contribution in [-0.4, -0.2) is 21.4 Å². The van der Waals surface area contributed by atoms with Gasteiger partial charge >= 0.3 is 0 Å². The third-order valence-corrected chi connectivity index (χ3v) is 2.86. The smallest absolute Gasteiger partial charge is 0.0934 e. The van der Waals surface area contributed by atoms with Crippen molar-refractivity contribution >= 4 is 0 Å². The molecule has 2 nitrogen and oxygen atoms in total. The maximum Gasteiger partial charge on any atom is 0.0934 e. The molecule has 1 fully saturated rings. The van der Waals surface area contributed by atoms with Crippen LogP contribution < -0.4 is 0 Å². The van der Waals surface area contributed by atoms with Crippen molar-refractivity contribution in [1.82, 2.24) is 0 Å². The van der Waals surface area contributed by atoms with Crippen LogP contribution in [-0.2, 0) is 0 Å². The van der Waals surface area contributed by atoms with Gasteiger partial charge in [-0.1, -0.05) is 12.2 Å². The zero-order chi connectivity index (χ0) is 10.1. The second-order valence-electron chi connectivity index (χ2n) is 4.80. The van der Waals surface area contributed by atoms with E-state index < -0.39 is 11.2 Å². The number of rotatable bonds is 4. The van der Waals surface area contributed by atoms with E-state index in [1.807, 2.05) is 6.08 Å². The van der Waals surface area contributed by atoms with Crippen molar-refractivity contribution in [2.24, 2.45) is 5.92 Å². The second kappa shape index (κ2) is 3.43. The van der Waals surface area contributed by atoms with E-state index in [0.717, 1.165) is 5.92 Å². The van der Waals surface area contributed by atoms with Gasteiger partial charge in [-0.15, -0.1) is 0 Å². The molecule has 0 spiro atoms. The van der Waals surface area contributed by atoms with E-state index in [2.05, 4.69) is 6.08 Å². The van der Waals surface area contributed by atoms with Gasteiger partial charge in [0.2, 0.25) is 0 Å². The molecular weight excluding hydrogens is 164 g/mol. The highest BCUT2D eigenvalue weighted by molar-refractivity contribution is 5.01. The van der Waals surface area contributed by atoms with E-state index in [4.69, 9.17) is 0 Å². The molecule has 0 amide bonds. The summed E-state index contributed by atoms with van der Waals surface area (Å²) in [7, 11) is 0. The predicted octanol–water partition coefficient (Wildman–Crippen LogP) is 1.86. The lowest BCUT2D eigenvalue weighted by atomic mass is 9.85. The average Bonchev–Trinajstić information content (AvgIpc) is 2.68. The van der Waals surface area contributed by atoms with Crippen LogP contribution in [0.5, 0.6) is 0 Å². The number of allylic oxidation sites excluding steroid dienone is 1. The lowest BCUT2D eigenvalue weighted by Crippen LogP contribution is -2.47. The first-order valence-electron chi connectivity index (χ1n) is 4.94. The van der Waals surface area contributed by atoms with Crippen LogP contribution in [0, 0.1) is 5.92 Å².